The van der Waals surface area contributed by atoms with Crippen molar-refractivity contribution in [3.63, 3.8) is 0 Å². The lowest BCUT2D eigenvalue weighted by atomic mass is 10.2. The first-order chi connectivity index (χ1) is 12.7. The topological polar surface area (TPSA) is 69.6 Å². The highest BCUT2D eigenvalue weighted by Crippen LogP contribution is 2.15. The molecule has 2 aromatic heterocycles. The van der Waals surface area contributed by atoms with E-state index in [0.717, 1.165) is 25.1 Å². The van der Waals surface area contributed by atoms with Gasteiger partial charge in [0.1, 0.15) is 5.69 Å². The van der Waals surface area contributed by atoms with Gasteiger partial charge < -0.3 is 14.7 Å². The van der Waals surface area contributed by atoms with Crippen LogP contribution in [0.3, 0.4) is 0 Å². The van der Waals surface area contributed by atoms with Gasteiger partial charge in [-0.05, 0) is 36.2 Å². The smallest absolute Gasteiger partial charge is 0.272 e. The van der Waals surface area contributed by atoms with E-state index in [2.05, 4.69) is 14.9 Å². The van der Waals surface area contributed by atoms with Crippen LogP contribution >= 0.6 is 0 Å². The Kier molecular flexibility index (Phi) is 5.78. The summed E-state index contributed by atoms with van der Waals surface area (Å²) in [6.45, 7) is 3.06. The molecule has 1 aliphatic heterocycles. The Balaban J connectivity index is 1.62. The zero-order valence-corrected chi connectivity index (χ0v) is 14.9. The van der Waals surface area contributed by atoms with Crippen LogP contribution in [0.25, 0.3) is 0 Å². The van der Waals surface area contributed by atoms with Crippen LogP contribution < -0.4 is 4.90 Å². The molecule has 2 amide bonds. The number of likely N-dealkylation sites (N-methyl/N-ethyl adjacent to an activating group) is 1. The molecular formula is C19H23N5O2. The van der Waals surface area contributed by atoms with E-state index in [1.807, 2.05) is 31.3 Å². The average molecular weight is 353 g/mol. The van der Waals surface area contributed by atoms with Crippen molar-refractivity contribution in [1.82, 2.24) is 19.8 Å². The predicted molar refractivity (Wildman–Crippen MR) is 99.0 cm³/mol. The number of hydrogen-bond donors (Lipinski definition) is 0. The first-order valence-electron chi connectivity index (χ1n) is 8.72. The highest BCUT2D eigenvalue weighted by molar-refractivity contribution is 5.93. The van der Waals surface area contributed by atoms with Gasteiger partial charge in [0, 0.05) is 64.0 Å². The van der Waals surface area contributed by atoms with Crippen LogP contribution in [0.4, 0.5) is 5.69 Å². The molecule has 0 radical (unpaired) electrons. The minimum Gasteiger partial charge on any atom is -0.374 e. The molecule has 0 N–H and O–H groups in total. The number of hydrogen-bond acceptors (Lipinski definition) is 5. The zero-order chi connectivity index (χ0) is 18.4. The number of nitrogens with zero attached hydrogens (tertiary/aromatic N) is 5. The molecule has 136 valence electrons. The first kappa shape index (κ1) is 17.8. The van der Waals surface area contributed by atoms with Gasteiger partial charge in [-0.15, -0.1) is 0 Å². The number of pyridine rings is 2. The summed E-state index contributed by atoms with van der Waals surface area (Å²) in [5, 5.41) is 0. The summed E-state index contributed by atoms with van der Waals surface area (Å²) in [4.78, 5) is 37.3. The van der Waals surface area contributed by atoms with Crippen LogP contribution in [-0.2, 0) is 11.2 Å². The van der Waals surface area contributed by atoms with Crippen molar-refractivity contribution >= 4 is 18.0 Å². The largest absolute Gasteiger partial charge is 0.374 e. The van der Waals surface area contributed by atoms with Crippen molar-refractivity contribution in [3.8, 4) is 0 Å². The van der Waals surface area contributed by atoms with E-state index in [4.69, 9.17) is 0 Å². The number of amides is 2. The molecule has 2 aromatic rings. The van der Waals surface area contributed by atoms with Crippen LogP contribution in [0.2, 0.25) is 0 Å². The second kappa shape index (κ2) is 8.42. The zero-order valence-electron chi connectivity index (χ0n) is 14.9. The van der Waals surface area contributed by atoms with Gasteiger partial charge in [-0.25, -0.2) is 0 Å². The van der Waals surface area contributed by atoms with Gasteiger partial charge in [-0.1, -0.05) is 0 Å². The quantitative estimate of drug-likeness (QED) is 0.727. The molecule has 0 bridgehead atoms. The second-order valence-electron chi connectivity index (χ2n) is 6.36. The summed E-state index contributed by atoms with van der Waals surface area (Å²) in [6, 6.07) is 7.76. The van der Waals surface area contributed by atoms with Crippen molar-refractivity contribution < 1.29 is 9.59 Å². The van der Waals surface area contributed by atoms with E-state index < -0.39 is 0 Å². The number of carbonyl (C=O) groups is 2. The van der Waals surface area contributed by atoms with Crippen LogP contribution in [0, 0.1) is 0 Å². The number of aromatic nitrogens is 2. The van der Waals surface area contributed by atoms with E-state index in [-0.39, 0.29) is 5.91 Å². The molecule has 1 saturated heterocycles. The third-order valence-corrected chi connectivity index (χ3v) is 4.64. The van der Waals surface area contributed by atoms with Crippen LogP contribution in [0.1, 0.15) is 16.1 Å². The van der Waals surface area contributed by atoms with Crippen molar-refractivity contribution in [2.45, 2.75) is 6.42 Å². The summed E-state index contributed by atoms with van der Waals surface area (Å²) in [5.74, 6) is -0.0834. The van der Waals surface area contributed by atoms with Crippen LogP contribution in [0.15, 0.2) is 42.9 Å². The normalized spacial score (nSPS) is 14.2. The Hall–Kier alpha value is -2.96. The molecule has 0 atom stereocenters. The Bertz CT molecular complexity index is 745. The Morgan fingerprint density at radius 1 is 1.15 bits per heavy atom. The summed E-state index contributed by atoms with van der Waals surface area (Å²) in [5.41, 5.74) is 2.63. The minimum absolute atomic E-state index is 0.0834. The number of anilines is 1. The Labute approximate surface area is 153 Å². The molecule has 0 aromatic carbocycles. The van der Waals surface area contributed by atoms with Crippen molar-refractivity contribution in [2.75, 3.05) is 44.7 Å². The molecule has 0 saturated carbocycles. The summed E-state index contributed by atoms with van der Waals surface area (Å²) in [7, 11) is 2.01. The van der Waals surface area contributed by atoms with Gasteiger partial charge in [0.05, 0.1) is 0 Å². The maximum atomic E-state index is 12.7. The fraction of sp³-hybridized carbons (Fsp3) is 0.368. The van der Waals surface area contributed by atoms with Gasteiger partial charge in [0.25, 0.3) is 5.91 Å². The number of rotatable bonds is 6. The maximum absolute atomic E-state index is 12.7. The summed E-state index contributed by atoms with van der Waals surface area (Å²) in [6.07, 6.45) is 7.00. The lowest BCUT2D eigenvalue weighted by molar-refractivity contribution is -0.119. The summed E-state index contributed by atoms with van der Waals surface area (Å²) >= 11 is 0. The average Bonchev–Trinajstić information content (AvgIpc) is 2.72. The van der Waals surface area contributed by atoms with E-state index in [1.54, 1.807) is 28.4 Å². The molecule has 0 spiro atoms. The fourth-order valence-electron chi connectivity index (χ4n) is 2.94. The SMILES string of the molecule is CN(CCc1ccncc1)c1ccnc(C(=O)N2CCN(C=O)CC2)c1. The van der Waals surface area contributed by atoms with Gasteiger partial charge in [0.15, 0.2) is 0 Å². The van der Waals surface area contributed by atoms with Crippen molar-refractivity contribution in [1.29, 1.82) is 0 Å². The molecule has 7 heteroatoms. The number of piperazine rings is 1. The predicted octanol–water partition coefficient (Wildman–Crippen LogP) is 1.07. The molecule has 0 unspecified atom stereocenters. The third-order valence-electron chi connectivity index (χ3n) is 4.64. The second-order valence-corrected chi connectivity index (χ2v) is 6.36. The van der Waals surface area contributed by atoms with Gasteiger partial charge in [-0.2, -0.15) is 0 Å². The lowest BCUT2D eigenvalue weighted by Crippen LogP contribution is -2.48. The van der Waals surface area contributed by atoms with Crippen LogP contribution in [0.5, 0.6) is 0 Å². The molecule has 3 rings (SSSR count). The van der Waals surface area contributed by atoms with Crippen molar-refractivity contribution in [2.24, 2.45) is 0 Å². The molecule has 1 aliphatic rings. The Morgan fingerprint density at radius 2 is 1.88 bits per heavy atom. The Morgan fingerprint density at radius 3 is 2.58 bits per heavy atom. The van der Waals surface area contributed by atoms with E-state index in [1.165, 1.54) is 5.56 Å². The van der Waals surface area contributed by atoms with E-state index in [9.17, 15) is 9.59 Å². The molecule has 0 aliphatic carbocycles. The minimum atomic E-state index is -0.0834. The lowest BCUT2D eigenvalue weighted by Gasteiger charge is -2.32. The fourth-order valence-corrected chi connectivity index (χ4v) is 2.94. The highest BCUT2D eigenvalue weighted by atomic mass is 16.2. The van der Waals surface area contributed by atoms with E-state index in [0.29, 0.717) is 31.9 Å². The summed E-state index contributed by atoms with van der Waals surface area (Å²) < 4.78 is 0. The van der Waals surface area contributed by atoms with Crippen molar-refractivity contribution in [3.05, 3.63) is 54.1 Å². The number of carbonyl (C=O) groups excluding carboxylic acids is 2. The molecular weight excluding hydrogens is 330 g/mol. The molecule has 7 nitrogen and oxygen atoms in total. The third kappa shape index (κ3) is 4.36. The monoisotopic (exact) mass is 353 g/mol. The van der Waals surface area contributed by atoms with Gasteiger partial charge in [-0.3, -0.25) is 19.6 Å². The first-order valence-corrected chi connectivity index (χ1v) is 8.72. The van der Waals surface area contributed by atoms with Crippen LogP contribution in [-0.4, -0.2) is 71.9 Å². The molecule has 26 heavy (non-hydrogen) atoms. The highest BCUT2D eigenvalue weighted by Gasteiger charge is 2.22. The standard InChI is InChI=1S/C19H23N5O2/c1-22(9-5-16-2-6-20-7-3-16)17-4-8-21-18(14-17)19(26)24-12-10-23(15-25)11-13-24/h2-4,6-8,14-15H,5,9-13H2,1H3. The van der Waals surface area contributed by atoms with E-state index >= 15 is 0 Å². The molecule has 1 fully saturated rings. The maximum Gasteiger partial charge on any atom is 0.272 e. The molecule has 3 heterocycles. The van der Waals surface area contributed by atoms with Gasteiger partial charge in [0.2, 0.25) is 6.41 Å². The van der Waals surface area contributed by atoms with Gasteiger partial charge >= 0.3 is 0 Å².